The van der Waals surface area contributed by atoms with E-state index < -0.39 is 0 Å². The molecular weight excluding hydrogens is 608 g/mol. The van der Waals surface area contributed by atoms with Crippen LogP contribution in [0.3, 0.4) is 0 Å². The molecule has 2 heterocycles. The van der Waals surface area contributed by atoms with Crippen molar-refractivity contribution in [2.24, 2.45) is 5.10 Å². The number of rotatable bonds is 7. The highest BCUT2D eigenvalue weighted by Crippen LogP contribution is 2.31. The molecule has 0 spiro atoms. The summed E-state index contributed by atoms with van der Waals surface area (Å²) in [6.45, 7) is 0. The van der Waals surface area contributed by atoms with Crippen LogP contribution in [0.4, 0.5) is 0 Å². The molecule has 2 aromatic carbocycles. The van der Waals surface area contributed by atoms with Crippen molar-refractivity contribution in [2.45, 2.75) is 5.16 Å². The summed E-state index contributed by atoms with van der Waals surface area (Å²) < 4.78 is 3.12. The molecular formula is C22H15Br2ClN6O2S. The molecule has 4 aromatic rings. The molecule has 0 aliphatic carbocycles. The standard InChI is InChI=1S/C22H15Br2ClN6O2S/c23-15-9-14(20(33)18(24)10-15)11-27-28-19(32)12-34-22-30-29-21(13-5-7-26-8-6-13)31(22)17-3-1-16(25)2-4-17/h1-11,33H,12H2,(H,28,32)/b27-11-. The summed E-state index contributed by atoms with van der Waals surface area (Å²) in [5.41, 5.74) is 4.54. The van der Waals surface area contributed by atoms with Gasteiger partial charge in [0.1, 0.15) is 5.75 Å². The van der Waals surface area contributed by atoms with Gasteiger partial charge in [-0.3, -0.25) is 14.3 Å². The number of hydrazone groups is 1. The van der Waals surface area contributed by atoms with E-state index in [9.17, 15) is 9.90 Å². The Morgan fingerprint density at radius 2 is 1.88 bits per heavy atom. The quantitative estimate of drug-likeness (QED) is 0.161. The van der Waals surface area contributed by atoms with Crippen LogP contribution < -0.4 is 5.43 Å². The van der Waals surface area contributed by atoms with Crippen LogP contribution in [-0.4, -0.2) is 42.7 Å². The fourth-order valence-electron chi connectivity index (χ4n) is 2.89. The lowest BCUT2D eigenvalue weighted by Crippen LogP contribution is -2.20. The zero-order valence-corrected chi connectivity index (χ0v) is 21.9. The topological polar surface area (TPSA) is 105 Å². The number of phenolic OH excluding ortho intramolecular Hbond substituents is 1. The molecule has 0 atom stereocenters. The van der Waals surface area contributed by atoms with Gasteiger partial charge in [0.05, 0.1) is 16.4 Å². The van der Waals surface area contributed by atoms with E-state index in [1.165, 1.54) is 18.0 Å². The van der Waals surface area contributed by atoms with Gasteiger partial charge >= 0.3 is 0 Å². The molecule has 0 unspecified atom stereocenters. The van der Waals surface area contributed by atoms with Crippen molar-refractivity contribution in [3.8, 4) is 22.8 Å². The fraction of sp³-hybridized carbons (Fsp3) is 0.0455. The summed E-state index contributed by atoms with van der Waals surface area (Å²) in [4.78, 5) is 16.4. The number of amides is 1. The van der Waals surface area contributed by atoms with Gasteiger partial charge in [0, 0.05) is 38.7 Å². The largest absolute Gasteiger partial charge is 0.506 e. The van der Waals surface area contributed by atoms with Crippen LogP contribution in [0.15, 0.2) is 80.1 Å². The number of nitrogens with one attached hydrogen (secondary N) is 1. The summed E-state index contributed by atoms with van der Waals surface area (Å²) in [7, 11) is 0. The number of hydrogen-bond donors (Lipinski definition) is 2. The highest BCUT2D eigenvalue weighted by molar-refractivity contribution is 9.11. The Bertz CT molecular complexity index is 1350. The first-order valence-corrected chi connectivity index (χ1v) is 12.6. The highest BCUT2D eigenvalue weighted by Gasteiger charge is 2.17. The first kappa shape index (κ1) is 24.4. The van der Waals surface area contributed by atoms with Crippen LogP contribution in [0.25, 0.3) is 17.1 Å². The minimum atomic E-state index is -0.342. The maximum atomic E-state index is 12.4. The van der Waals surface area contributed by atoms with E-state index in [1.54, 1.807) is 36.7 Å². The minimum absolute atomic E-state index is 0.0234. The molecule has 0 aliphatic heterocycles. The number of aromatic nitrogens is 4. The van der Waals surface area contributed by atoms with E-state index in [2.05, 4.69) is 57.6 Å². The molecule has 2 aromatic heterocycles. The summed E-state index contributed by atoms with van der Waals surface area (Å²) >= 11 is 13.9. The molecule has 4 rings (SSSR count). The second-order valence-corrected chi connectivity index (χ2v) is 9.91. The lowest BCUT2D eigenvalue weighted by molar-refractivity contribution is -0.118. The van der Waals surface area contributed by atoms with Crippen molar-refractivity contribution < 1.29 is 9.90 Å². The maximum absolute atomic E-state index is 12.4. The zero-order valence-electron chi connectivity index (χ0n) is 17.2. The van der Waals surface area contributed by atoms with Gasteiger partial charge in [-0.25, -0.2) is 5.43 Å². The summed E-state index contributed by atoms with van der Waals surface area (Å²) in [5.74, 6) is 0.343. The monoisotopic (exact) mass is 620 g/mol. The van der Waals surface area contributed by atoms with Crippen molar-refractivity contribution in [3.63, 3.8) is 0 Å². The van der Waals surface area contributed by atoms with Crippen LogP contribution in [-0.2, 0) is 4.79 Å². The van der Waals surface area contributed by atoms with E-state index >= 15 is 0 Å². The molecule has 12 heteroatoms. The van der Waals surface area contributed by atoms with Crippen molar-refractivity contribution in [1.82, 2.24) is 25.2 Å². The molecule has 34 heavy (non-hydrogen) atoms. The highest BCUT2D eigenvalue weighted by atomic mass is 79.9. The Hall–Kier alpha value is -2.73. The van der Waals surface area contributed by atoms with E-state index in [4.69, 9.17) is 11.6 Å². The first-order chi connectivity index (χ1) is 16.4. The van der Waals surface area contributed by atoms with Gasteiger partial charge in [0.15, 0.2) is 11.0 Å². The molecule has 0 fully saturated rings. The number of pyridine rings is 1. The van der Waals surface area contributed by atoms with Crippen molar-refractivity contribution in [3.05, 3.63) is 80.5 Å². The predicted octanol–water partition coefficient (Wildman–Crippen LogP) is 5.46. The van der Waals surface area contributed by atoms with Gasteiger partial charge in [-0.1, -0.05) is 39.3 Å². The summed E-state index contributed by atoms with van der Waals surface area (Å²) in [6.07, 6.45) is 4.72. The average Bonchev–Trinajstić information content (AvgIpc) is 3.26. The SMILES string of the molecule is O=C(CSc1nnc(-c2ccncc2)n1-c1ccc(Cl)cc1)N/N=C\c1cc(Br)cc(Br)c1O. The molecule has 0 radical (unpaired) electrons. The zero-order chi connectivity index (χ0) is 24.1. The number of halogens is 3. The molecule has 2 N–H and O–H groups in total. The van der Waals surface area contributed by atoms with Gasteiger partial charge in [0.25, 0.3) is 5.91 Å². The number of carbonyl (C=O) groups is 1. The summed E-state index contributed by atoms with van der Waals surface area (Å²) in [6, 6.07) is 14.3. The number of benzene rings is 2. The molecule has 1 amide bonds. The van der Waals surface area contributed by atoms with Crippen LogP contribution in [0.1, 0.15) is 5.56 Å². The first-order valence-electron chi connectivity index (χ1n) is 9.67. The molecule has 8 nitrogen and oxygen atoms in total. The van der Waals surface area contributed by atoms with Crippen LogP contribution in [0.2, 0.25) is 5.02 Å². The lowest BCUT2D eigenvalue weighted by Gasteiger charge is -2.10. The van der Waals surface area contributed by atoms with Gasteiger partial charge in [-0.05, 0) is 64.5 Å². The molecule has 0 saturated carbocycles. The third-order valence-electron chi connectivity index (χ3n) is 4.44. The minimum Gasteiger partial charge on any atom is -0.506 e. The van der Waals surface area contributed by atoms with Gasteiger partial charge in [-0.2, -0.15) is 5.10 Å². The van der Waals surface area contributed by atoms with E-state index in [1.807, 2.05) is 28.8 Å². The van der Waals surface area contributed by atoms with E-state index in [-0.39, 0.29) is 17.4 Å². The second kappa shape index (κ2) is 11.1. The number of nitrogens with zero attached hydrogens (tertiary/aromatic N) is 5. The van der Waals surface area contributed by atoms with Crippen molar-refractivity contribution in [2.75, 3.05) is 5.75 Å². The van der Waals surface area contributed by atoms with Crippen molar-refractivity contribution in [1.29, 1.82) is 0 Å². The molecule has 172 valence electrons. The van der Waals surface area contributed by atoms with Crippen molar-refractivity contribution >= 4 is 67.3 Å². The predicted molar refractivity (Wildman–Crippen MR) is 140 cm³/mol. The number of aromatic hydroxyl groups is 1. The fourth-order valence-corrected chi connectivity index (χ4v) is 5.02. The summed E-state index contributed by atoms with van der Waals surface area (Å²) in [5, 5.41) is 23.8. The number of hydrogen-bond acceptors (Lipinski definition) is 7. The molecule has 0 saturated heterocycles. The Balaban J connectivity index is 1.50. The number of thioether (sulfide) groups is 1. The van der Waals surface area contributed by atoms with Gasteiger partial charge < -0.3 is 5.11 Å². The third-order valence-corrected chi connectivity index (χ3v) is 6.68. The number of phenols is 1. The molecule has 0 bridgehead atoms. The van der Waals surface area contributed by atoms with Crippen LogP contribution >= 0.6 is 55.2 Å². The second-order valence-electron chi connectivity index (χ2n) is 6.76. The third kappa shape index (κ3) is 5.84. The Kier molecular flexibility index (Phi) is 7.99. The lowest BCUT2D eigenvalue weighted by atomic mass is 10.2. The van der Waals surface area contributed by atoms with Crippen LogP contribution in [0, 0.1) is 0 Å². The maximum Gasteiger partial charge on any atom is 0.250 e. The normalized spacial score (nSPS) is 11.1. The Morgan fingerprint density at radius 3 is 2.62 bits per heavy atom. The van der Waals surface area contributed by atoms with Gasteiger partial charge in [-0.15, -0.1) is 10.2 Å². The van der Waals surface area contributed by atoms with E-state index in [0.717, 1.165) is 15.7 Å². The number of carbonyl (C=O) groups excluding carboxylic acids is 1. The van der Waals surface area contributed by atoms with E-state index in [0.29, 0.717) is 26.0 Å². The van der Waals surface area contributed by atoms with Gasteiger partial charge in [0.2, 0.25) is 0 Å². The van der Waals surface area contributed by atoms with Crippen LogP contribution in [0.5, 0.6) is 5.75 Å². The molecule has 0 aliphatic rings. The Labute approximate surface area is 220 Å². The average molecular weight is 623 g/mol. The smallest absolute Gasteiger partial charge is 0.250 e. The Morgan fingerprint density at radius 1 is 1.15 bits per heavy atom.